The molecule has 2 aromatic heterocycles. The van der Waals surface area contributed by atoms with Crippen LogP contribution in [0, 0.1) is 0 Å². The third-order valence-electron chi connectivity index (χ3n) is 9.32. The molecule has 0 unspecified atom stereocenters. The zero-order chi connectivity index (χ0) is 28.7. The summed E-state index contributed by atoms with van der Waals surface area (Å²) in [5.74, 6) is 0.942. The maximum atomic E-state index is 5.08. The minimum absolute atomic E-state index is 0.0421. The van der Waals surface area contributed by atoms with E-state index in [9.17, 15) is 0 Å². The Kier molecular flexibility index (Phi) is 4.95. The summed E-state index contributed by atoms with van der Waals surface area (Å²) in [6.45, 7) is 4.71. The molecule has 3 heteroatoms. The smallest absolute Gasteiger partial charge is 0.145 e. The molecular formula is C40H29N3. The highest BCUT2D eigenvalue weighted by Gasteiger charge is 2.37. The van der Waals surface area contributed by atoms with Crippen molar-refractivity contribution in [1.82, 2.24) is 14.1 Å². The first-order chi connectivity index (χ1) is 21.1. The van der Waals surface area contributed by atoms with Gasteiger partial charge in [0.05, 0.1) is 22.1 Å². The van der Waals surface area contributed by atoms with Gasteiger partial charge >= 0.3 is 0 Å². The van der Waals surface area contributed by atoms with Gasteiger partial charge in [-0.15, -0.1) is 0 Å². The van der Waals surface area contributed by atoms with Gasteiger partial charge in [-0.1, -0.05) is 111 Å². The standard InChI is InChI=1S/C40H29N3/c1-40(2)31-19-8-6-17-29(31)37-32(40)23-24-36-38(37)30-18-7-10-21-34(30)42(36)27-15-12-16-28(25-27)43-35-22-11-9-20-33(35)41-39(43)26-13-4-3-5-14-26/h3-25H,1-2H3. The fourth-order valence-corrected chi connectivity index (χ4v) is 7.37. The third kappa shape index (κ3) is 3.33. The molecule has 6 aromatic carbocycles. The predicted molar refractivity (Wildman–Crippen MR) is 178 cm³/mol. The summed E-state index contributed by atoms with van der Waals surface area (Å²) in [6.07, 6.45) is 0. The summed E-state index contributed by atoms with van der Waals surface area (Å²) >= 11 is 0. The summed E-state index contributed by atoms with van der Waals surface area (Å²) in [4.78, 5) is 5.08. The van der Waals surface area contributed by atoms with Crippen LogP contribution in [0.25, 0.3) is 66.7 Å². The molecule has 0 saturated carbocycles. The van der Waals surface area contributed by atoms with Gasteiger partial charge in [-0.05, 0) is 64.7 Å². The molecule has 204 valence electrons. The number of para-hydroxylation sites is 3. The van der Waals surface area contributed by atoms with E-state index < -0.39 is 0 Å². The molecular weight excluding hydrogens is 522 g/mol. The predicted octanol–water partition coefficient (Wildman–Crippen LogP) is 10.1. The first kappa shape index (κ1) is 24.2. The lowest BCUT2D eigenvalue weighted by Crippen LogP contribution is -2.14. The van der Waals surface area contributed by atoms with Crippen LogP contribution in [-0.4, -0.2) is 14.1 Å². The molecule has 9 rings (SSSR count). The lowest BCUT2D eigenvalue weighted by atomic mass is 9.82. The van der Waals surface area contributed by atoms with Gasteiger partial charge < -0.3 is 4.57 Å². The molecule has 0 radical (unpaired) electrons. The average molecular weight is 552 g/mol. The summed E-state index contributed by atoms with van der Waals surface area (Å²) in [5.41, 5.74) is 13.3. The number of fused-ring (bicyclic) bond motifs is 8. The molecule has 0 amide bonds. The maximum absolute atomic E-state index is 5.08. The molecule has 0 spiro atoms. The molecule has 0 fully saturated rings. The third-order valence-corrected chi connectivity index (χ3v) is 9.32. The Morgan fingerprint density at radius 2 is 1.23 bits per heavy atom. The lowest BCUT2D eigenvalue weighted by molar-refractivity contribution is 0.661. The Morgan fingerprint density at radius 3 is 2.09 bits per heavy atom. The van der Waals surface area contributed by atoms with Crippen LogP contribution in [0.3, 0.4) is 0 Å². The molecule has 8 aromatic rings. The van der Waals surface area contributed by atoms with Gasteiger partial charge in [-0.3, -0.25) is 4.57 Å². The summed E-state index contributed by atoms with van der Waals surface area (Å²) < 4.78 is 4.72. The summed E-state index contributed by atoms with van der Waals surface area (Å²) in [7, 11) is 0. The van der Waals surface area contributed by atoms with Gasteiger partial charge in [-0.2, -0.15) is 0 Å². The van der Waals surface area contributed by atoms with Crippen molar-refractivity contribution in [3.63, 3.8) is 0 Å². The number of aromatic nitrogens is 3. The number of nitrogens with zero attached hydrogens (tertiary/aromatic N) is 3. The highest BCUT2D eigenvalue weighted by atomic mass is 15.1. The van der Waals surface area contributed by atoms with Crippen LogP contribution in [0.1, 0.15) is 25.0 Å². The molecule has 1 aliphatic carbocycles. The van der Waals surface area contributed by atoms with Crippen LogP contribution < -0.4 is 0 Å². The van der Waals surface area contributed by atoms with Crippen molar-refractivity contribution in [2.24, 2.45) is 0 Å². The maximum Gasteiger partial charge on any atom is 0.145 e. The van der Waals surface area contributed by atoms with E-state index in [-0.39, 0.29) is 5.41 Å². The van der Waals surface area contributed by atoms with Crippen molar-refractivity contribution in [3.8, 4) is 33.9 Å². The number of rotatable bonds is 3. The van der Waals surface area contributed by atoms with Crippen molar-refractivity contribution in [1.29, 1.82) is 0 Å². The van der Waals surface area contributed by atoms with Crippen molar-refractivity contribution >= 4 is 32.8 Å². The molecule has 0 bridgehead atoms. The summed E-state index contributed by atoms with van der Waals surface area (Å²) in [5, 5.41) is 2.61. The lowest BCUT2D eigenvalue weighted by Gasteiger charge is -2.21. The van der Waals surface area contributed by atoms with Crippen LogP contribution in [0.4, 0.5) is 0 Å². The minimum atomic E-state index is -0.0421. The second-order valence-corrected chi connectivity index (χ2v) is 12.1. The van der Waals surface area contributed by atoms with Gasteiger partial charge in [-0.25, -0.2) is 4.98 Å². The second kappa shape index (κ2) is 8.80. The van der Waals surface area contributed by atoms with Gasteiger partial charge in [0.25, 0.3) is 0 Å². The average Bonchev–Trinajstić information content (AvgIpc) is 3.68. The van der Waals surface area contributed by atoms with Crippen molar-refractivity contribution in [2.45, 2.75) is 19.3 Å². The van der Waals surface area contributed by atoms with Crippen LogP contribution in [0.2, 0.25) is 0 Å². The zero-order valence-electron chi connectivity index (χ0n) is 24.1. The van der Waals surface area contributed by atoms with Gasteiger partial charge in [0.2, 0.25) is 0 Å². The van der Waals surface area contributed by atoms with E-state index in [2.05, 4.69) is 163 Å². The van der Waals surface area contributed by atoms with Gasteiger partial charge in [0.15, 0.2) is 0 Å². The first-order valence-electron chi connectivity index (χ1n) is 14.9. The SMILES string of the molecule is CC1(C)c2ccccc2-c2c1ccc1c2c2ccccc2n1-c1cccc(-n2c(-c3ccccc3)nc3ccccc32)c1. The Balaban J connectivity index is 1.33. The normalized spacial score (nSPS) is 13.5. The van der Waals surface area contributed by atoms with E-state index in [1.54, 1.807) is 0 Å². The van der Waals surface area contributed by atoms with Crippen molar-refractivity contribution < 1.29 is 0 Å². The van der Waals surface area contributed by atoms with Crippen molar-refractivity contribution in [2.75, 3.05) is 0 Å². The van der Waals surface area contributed by atoms with Gasteiger partial charge in [0, 0.05) is 33.1 Å². The zero-order valence-corrected chi connectivity index (χ0v) is 24.1. The highest BCUT2D eigenvalue weighted by Crippen LogP contribution is 2.53. The van der Waals surface area contributed by atoms with Crippen LogP contribution in [-0.2, 0) is 5.41 Å². The summed E-state index contributed by atoms with van der Waals surface area (Å²) in [6, 6.07) is 50.2. The molecule has 43 heavy (non-hydrogen) atoms. The fraction of sp³-hybridized carbons (Fsp3) is 0.0750. The molecule has 0 atom stereocenters. The quantitative estimate of drug-likeness (QED) is 0.214. The molecule has 0 aliphatic heterocycles. The van der Waals surface area contributed by atoms with E-state index in [1.807, 2.05) is 0 Å². The largest absolute Gasteiger partial charge is 0.309 e. The Hall–Kier alpha value is -5.41. The minimum Gasteiger partial charge on any atom is -0.309 e. The Bertz CT molecular complexity index is 2370. The number of imidazole rings is 1. The number of hydrogen-bond acceptors (Lipinski definition) is 1. The van der Waals surface area contributed by atoms with E-state index in [4.69, 9.17) is 4.98 Å². The van der Waals surface area contributed by atoms with Crippen LogP contribution in [0.15, 0.2) is 140 Å². The molecule has 1 aliphatic rings. The highest BCUT2D eigenvalue weighted by molar-refractivity contribution is 6.17. The molecule has 3 nitrogen and oxygen atoms in total. The Morgan fingerprint density at radius 1 is 0.535 bits per heavy atom. The van der Waals surface area contributed by atoms with Crippen LogP contribution >= 0.6 is 0 Å². The topological polar surface area (TPSA) is 22.8 Å². The molecule has 2 heterocycles. The number of benzene rings is 6. The van der Waals surface area contributed by atoms with E-state index in [0.29, 0.717) is 0 Å². The van der Waals surface area contributed by atoms with Crippen LogP contribution in [0.5, 0.6) is 0 Å². The Labute approximate surface area is 250 Å². The first-order valence-corrected chi connectivity index (χ1v) is 14.9. The van der Waals surface area contributed by atoms with E-state index >= 15 is 0 Å². The number of hydrogen-bond donors (Lipinski definition) is 0. The second-order valence-electron chi connectivity index (χ2n) is 12.1. The molecule has 0 N–H and O–H groups in total. The monoisotopic (exact) mass is 551 g/mol. The fourth-order valence-electron chi connectivity index (χ4n) is 7.37. The van der Waals surface area contributed by atoms with Crippen molar-refractivity contribution in [3.05, 3.63) is 151 Å². The van der Waals surface area contributed by atoms with E-state index in [1.165, 1.54) is 44.1 Å². The van der Waals surface area contributed by atoms with E-state index in [0.717, 1.165) is 33.8 Å². The molecule has 0 saturated heterocycles. The van der Waals surface area contributed by atoms with Gasteiger partial charge in [0.1, 0.15) is 5.82 Å².